The Labute approximate surface area is 85.7 Å². The van der Waals surface area contributed by atoms with Gasteiger partial charge in [0.1, 0.15) is 0 Å². The molecule has 0 aromatic heterocycles. The summed E-state index contributed by atoms with van der Waals surface area (Å²) in [7, 11) is 2.16. The van der Waals surface area contributed by atoms with E-state index in [1.807, 2.05) is 0 Å². The van der Waals surface area contributed by atoms with Gasteiger partial charge in [0.15, 0.2) is 0 Å². The fraction of sp³-hybridized carbons (Fsp3) is 0.500. The van der Waals surface area contributed by atoms with Crippen LogP contribution in [-0.4, -0.2) is 25.0 Å². The molecule has 0 aliphatic carbocycles. The SMILES string of the molecule is Cc1cccc2c1C(CN)CN(C)C2. The van der Waals surface area contributed by atoms with E-state index in [2.05, 4.69) is 37.1 Å². The summed E-state index contributed by atoms with van der Waals surface area (Å²) in [5.74, 6) is 0.518. The maximum absolute atomic E-state index is 5.82. The molecule has 0 fully saturated rings. The number of nitrogens with two attached hydrogens (primary N) is 1. The van der Waals surface area contributed by atoms with Gasteiger partial charge in [-0.05, 0) is 30.7 Å². The van der Waals surface area contributed by atoms with Crippen molar-refractivity contribution in [2.45, 2.75) is 19.4 Å². The summed E-state index contributed by atoms with van der Waals surface area (Å²) in [6.07, 6.45) is 0. The van der Waals surface area contributed by atoms with E-state index in [0.29, 0.717) is 5.92 Å². The van der Waals surface area contributed by atoms with Crippen LogP contribution in [0.2, 0.25) is 0 Å². The first-order valence-electron chi connectivity index (χ1n) is 5.19. The summed E-state index contributed by atoms with van der Waals surface area (Å²) in [6.45, 7) is 5.09. The zero-order chi connectivity index (χ0) is 10.1. The lowest BCUT2D eigenvalue weighted by molar-refractivity contribution is 0.282. The lowest BCUT2D eigenvalue weighted by Crippen LogP contribution is -2.34. The van der Waals surface area contributed by atoms with Crippen LogP contribution in [0.1, 0.15) is 22.6 Å². The number of nitrogens with zero attached hydrogens (tertiary/aromatic N) is 1. The van der Waals surface area contributed by atoms with Crippen LogP contribution in [0.15, 0.2) is 18.2 Å². The average Bonchev–Trinajstić information content (AvgIpc) is 2.16. The van der Waals surface area contributed by atoms with Crippen molar-refractivity contribution in [3.8, 4) is 0 Å². The molecule has 1 unspecified atom stereocenters. The molecule has 0 spiro atoms. The minimum absolute atomic E-state index is 0.518. The molecule has 0 saturated carbocycles. The van der Waals surface area contributed by atoms with Crippen molar-refractivity contribution in [3.63, 3.8) is 0 Å². The molecule has 1 heterocycles. The summed E-state index contributed by atoms with van der Waals surface area (Å²) < 4.78 is 0. The Morgan fingerprint density at radius 3 is 3.00 bits per heavy atom. The first-order valence-corrected chi connectivity index (χ1v) is 5.19. The molecule has 1 aliphatic rings. The molecule has 0 bridgehead atoms. The second-order valence-corrected chi connectivity index (χ2v) is 4.28. The van der Waals surface area contributed by atoms with Crippen LogP contribution in [0.5, 0.6) is 0 Å². The van der Waals surface area contributed by atoms with Crippen molar-refractivity contribution in [2.24, 2.45) is 5.73 Å². The molecular formula is C12H18N2. The fourth-order valence-corrected chi connectivity index (χ4v) is 2.48. The zero-order valence-corrected chi connectivity index (χ0v) is 8.96. The molecule has 1 aliphatic heterocycles. The van der Waals surface area contributed by atoms with E-state index in [-0.39, 0.29) is 0 Å². The molecule has 1 aromatic rings. The quantitative estimate of drug-likeness (QED) is 0.727. The van der Waals surface area contributed by atoms with Crippen LogP contribution in [0.3, 0.4) is 0 Å². The van der Waals surface area contributed by atoms with Crippen LogP contribution in [-0.2, 0) is 6.54 Å². The molecule has 2 N–H and O–H groups in total. The number of benzene rings is 1. The van der Waals surface area contributed by atoms with E-state index in [1.165, 1.54) is 16.7 Å². The van der Waals surface area contributed by atoms with Gasteiger partial charge in [0.2, 0.25) is 0 Å². The van der Waals surface area contributed by atoms with Gasteiger partial charge in [-0.2, -0.15) is 0 Å². The zero-order valence-electron chi connectivity index (χ0n) is 8.96. The molecule has 1 atom stereocenters. The van der Waals surface area contributed by atoms with Gasteiger partial charge >= 0.3 is 0 Å². The number of hydrogen-bond acceptors (Lipinski definition) is 2. The van der Waals surface area contributed by atoms with E-state index in [9.17, 15) is 0 Å². The van der Waals surface area contributed by atoms with E-state index in [1.54, 1.807) is 0 Å². The van der Waals surface area contributed by atoms with E-state index < -0.39 is 0 Å². The molecule has 1 aromatic carbocycles. The fourth-order valence-electron chi connectivity index (χ4n) is 2.48. The summed E-state index contributed by atoms with van der Waals surface area (Å²) >= 11 is 0. The Morgan fingerprint density at radius 2 is 2.29 bits per heavy atom. The lowest BCUT2D eigenvalue weighted by atomic mass is 9.87. The third-order valence-electron chi connectivity index (χ3n) is 3.08. The van der Waals surface area contributed by atoms with Crippen LogP contribution >= 0.6 is 0 Å². The molecule has 76 valence electrons. The number of hydrogen-bond donors (Lipinski definition) is 1. The Morgan fingerprint density at radius 1 is 1.50 bits per heavy atom. The van der Waals surface area contributed by atoms with Crippen LogP contribution in [0.25, 0.3) is 0 Å². The molecule has 2 nitrogen and oxygen atoms in total. The summed E-state index contributed by atoms with van der Waals surface area (Å²) in [5, 5.41) is 0. The predicted molar refractivity (Wildman–Crippen MR) is 59.3 cm³/mol. The molecule has 2 rings (SSSR count). The minimum atomic E-state index is 0.518. The van der Waals surface area contributed by atoms with Crippen molar-refractivity contribution in [1.29, 1.82) is 0 Å². The van der Waals surface area contributed by atoms with Gasteiger partial charge in [0.05, 0.1) is 0 Å². The van der Waals surface area contributed by atoms with Gasteiger partial charge in [-0.15, -0.1) is 0 Å². The summed E-state index contributed by atoms with van der Waals surface area (Å²) in [4.78, 5) is 2.35. The normalized spacial score (nSPS) is 22.1. The highest BCUT2D eigenvalue weighted by molar-refractivity contribution is 5.39. The second kappa shape index (κ2) is 3.71. The standard InChI is InChI=1S/C12H18N2/c1-9-4-3-5-10-7-14(2)8-11(6-13)12(9)10/h3-5,11H,6-8,13H2,1-2H3. The smallest absolute Gasteiger partial charge is 0.0233 e. The van der Waals surface area contributed by atoms with Crippen LogP contribution in [0, 0.1) is 6.92 Å². The lowest BCUT2D eigenvalue weighted by Gasteiger charge is -2.32. The minimum Gasteiger partial charge on any atom is -0.330 e. The summed E-state index contributed by atoms with van der Waals surface area (Å²) in [6, 6.07) is 6.55. The third-order valence-corrected chi connectivity index (χ3v) is 3.08. The molecule has 2 heteroatoms. The van der Waals surface area contributed by atoms with Crippen molar-refractivity contribution < 1.29 is 0 Å². The topological polar surface area (TPSA) is 29.3 Å². The third kappa shape index (κ3) is 1.56. The van der Waals surface area contributed by atoms with Gasteiger partial charge in [-0.3, -0.25) is 0 Å². The second-order valence-electron chi connectivity index (χ2n) is 4.28. The Hall–Kier alpha value is -0.860. The average molecular weight is 190 g/mol. The van der Waals surface area contributed by atoms with Crippen molar-refractivity contribution in [3.05, 3.63) is 34.9 Å². The first-order chi connectivity index (χ1) is 6.72. The van der Waals surface area contributed by atoms with Crippen molar-refractivity contribution >= 4 is 0 Å². The summed E-state index contributed by atoms with van der Waals surface area (Å²) in [5.41, 5.74) is 10.2. The Kier molecular flexibility index (Phi) is 2.57. The number of fused-ring (bicyclic) bond motifs is 1. The van der Waals surface area contributed by atoms with Gasteiger partial charge in [0.25, 0.3) is 0 Å². The molecule has 14 heavy (non-hydrogen) atoms. The number of likely N-dealkylation sites (N-methyl/N-ethyl adjacent to an activating group) is 1. The first kappa shape index (κ1) is 9.69. The monoisotopic (exact) mass is 190 g/mol. The largest absolute Gasteiger partial charge is 0.330 e. The Balaban J connectivity index is 2.46. The maximum Gasteiger partial charge on any atom is 0.0233 e. The highest BCUT2D eigenvalue weighted by Crippen LogP contribution is 2.29. The van der Waals surface area contributed by atoms with E-state index in [0.717, 1.165) is 19.6 Å². The molecule has 0 amide bonds. The van der Waals surface area contributed by atoms with Crippen molar-refractivity contribution in [1.82, 2.24) is 4.90 Å². The van der Waals surface area contributed by atoms with E-state index >= 15 is 0 Å². The number of aryl methyl sites for hydroxylation is 1. The molecule has 0 saturated heterocycles. The van der Waals surface area contributed by atoms with Crippen LogP contribution < -0.4 is 5.73 Å². The predicted octanol–water partition coefficient (Wildman–Crippen LogP) is 1.48. The molecule has 0 radical (unpaired) electrons. The highest BCUT2D eigenvalue weighted by atomic mass is 15.1. The number of rotatable bonds is 1. The highest BCUT2D eigenvalue weighted by Gasteiger charge is 2.23. The van der Waals surface area contributed by atoms with Gasteiger partial charge in [-0.25, -0.2) is 0 Å². The Bertz CT molecular complexity index is 333. The molecular weight excluding hydrogens is 172 g/mol. The van der Waals surface area contributed by atoms with E-state index in [4.69, 9.17) is 5.73 Å². The van der Waals surface area contributed by atoms with Gasteiger partial charge < -0.3 is 10.6 Å². The van der Waals surface area contributed by atoms with Crippen LogP contribution in [0.4, 0.5) is 0 Å². The van der Waals surface area contributed by atoms with Gasteiger partial charge in [-0.1, -0.05) is 18.2 Å². The van der Waals surface area contributed by atoms with Crippen molar-refractivity contribution in [2.75, 3.05) is 20.1 Å². The maximum atomic E-state index is 5.82. The van der Waals surface area contributed by atoms with Gasteiger partial charge in [0, 0.05) is 25.6 Å².